The topological polar surface area (TPSA) is 36.9 Å². The lowest BCUT2D eigenvalue weighted by Crippen LogP contribution is -2.38. The van der Waals surface area contributed by atoms with Crippen molar-refractivity contribution in [1.82, 2.24) is 10.2 Å². The number of allylic oxidation sites excluding steroid dienone is 1. The fourth-order valence-corrected chi connectivity index (χ4v) is 2.26. The van der Waals surface area contributed by atoms with Gasteiger partial charge in [0.2, 0.25) is 0 Å². The van der Waals surface area contributed by atoms with Crippen LogP contribution in [-0.4, -0.2) is 44.3 Å². The summed E-state index contributed by atoms with van der Waals surface area (Å²) in [6.45, 7) is 3.79. The molecule has 0 aliphatic carbocycles. The number of halogens is 4. The summed E-state index contributed by atoms with van der Waals surface area (Å²) in [7, 11) is 3.67. The SMILES string of the molecule is C=CCCCN(C)C(=NC)NCc1cccc(COCC(F)(F)F)c1.I. The van der Waals surface area contributed by atoms with E-state index in [9.17, 15) is 13.2 Å². The molecule has 4 nitrogen and oxygen atoms in total. The average molecular weight is 485 g/mol. The quantitative estimate of drug-likeness (QED) is 0.186. The van der Waals surface area contributed by atoms with Crippen molar-refractivity contribution in [3.63, 3.8) is 0 Å². The highest BCUT2D eigenvalue weighted by Crippen LogP contribution is 2.16. The molecule has 0 amide bonds. The molecule has 0 atom stereocenters. The Labute approximate surface area is 170 Å². The first kappa shape index (κ1) is 24.7. The van der Waals surface area contributed by atoms with Crippen LogP contribution < -0.4 is 5.32 Å². The molecule has 1 N–H and O–H groups in total. The van der Waals surface area contributed by atoms with Crippen molar-refractivity contribution < 1.29 is 17.9 Å². The normalized spacial score (nSPS) is 11.7. The average Bonchev–Trinajstić information content (AvgIpc) is 2.55. The lowest BCUT2D eigenvalue weighted by molar-refractivity contribution is -0.176. The van der Waals surface area contributed by atoms with Crippen molar-refractivity contribution in [2.45, 2.75) is 32.2 Å². The van der Waals surface area contributed by atoms with Gasteiger partial charge in [0.15, 0.2) is 5.96 Å². The maximum absolute atomic E-state index is 12.1. The molecule has 8 heteroatoms. The molecular formula is C18H27F3IN3O. The second kappa shape index (κ2) is 13.0. The van der Waals surface area contributed by atoms with E-state index >= 15 is 0 Å². The molecule has 0 saturated heterocycles. The van der Waals surface area contributed by atoms with Crippen molar-refractivity contribution >= 4 is 29.9 Å². The van der Waals surface area contributed by atoms with Gasteiger partial charge in [-0.1, -0.05) is 30.3 Å². The molecule has 1 aromatic carbocycles. The Kier molecular flexibility index (Phi) is 12.3. The second-order valence-electron chi connectivity index (χ2n) is 5.68. The minimum Gasteiger partial charge on any atom is -0.367 e. The van der Waals surface area contributed by atoms with E-state index < -0.39 is 12.8 Å². The van der Waals surface area contributed by atoms with Gasteiger partial charge < -0.3 is 15.0 Å². The molecule has 26 heavy (non-hydrogen) atoms. The maximum atomic E-state index is 12.1. The van der Waals surface area contributed by atoms with Crippen molar-refractivity contribution in [3.8, 4) is 0 Å². The number of rotatable bonds is 9. The second-order valence-corrected chi connectivity index (χ2v) is 5.68. The van der Waals surface area contributed by atoms with Gasteiger partial charge in [0.05, 0.1) is 6.61 Å². The Hall–Kier alpha value is -1.29. The fourth-order valence-electron chi connectivity index (χ4n) is 2.26. The van der Waals surface area contributed by atoms with E-state index in [-0.39, 0.29) is 30.6 Å². The third kappa shape index (κ3) is 10.6. The van der Waals surface area contributed by atoms with Gasteiger partial charge in [0.25, 0.3) is 0 Å². The Balaban J connectivity index is 0.00000625. The molecule has 0 spiro atoms. The summed E-state index contributed by atoms with van der Waals surface area (Å²) in [6, 6.07) is 7.29. The van der Waals surface area contributed by atoms with E-state index in [0.717, 1.165) is 30.9 Å². The van der Waals surface area contributed by atoms with E-state index in [1.807, 2.05) is 30.2 Å². The van der Waals surface area contributed by atoms with Gasteiger partial charge in [-0.25, -0.2) is 0 Å². The first-order valence-corrected chi connectivity index (χ1v) is 8.10. The van der Waals surface area contributed by atoms with Crippen LogP contribution in [0.25, 0.3) is 0 Å². The van der Waals surface area contributed by atoms with E-state index in [1.165, 1.54) is 0 Å². The molecule has 0 bridgehead atoms. The number of alkyl halides is 3. The first-order chi connectivity index (χ1) is 11.9. The molecular weight excluding hydrogens is 458 g/mol. The van der Waals surface area contributed by atoms with Gasteiger partial charge in [0, 0.05) is 27.2 Å². The number of ether oxygens (including phenoxy) is 1. The molecule has 148 valence electrons. The number of hydrogen-bond donors (Lipinski definition) is 1. The molecule has 0 fully saturated rings. The zero-order chi connectivity index (χ0) is 18.7. The predicted molar refractivity (Wildman–Crippen MR) is 110 cm³/mol. The minimum atomic E-state index is -4.30. The number of guanidine groups is 1. The van der Waals surface area contributed by atoms with Crippen molar-refractivity contribution in [1.29, 1.82) is 0 Å². The summed E-state index contributed by atoms with van der Waals surface area (Å²) < 4.78 is 41.0. The highest BCUT2D eigenvalue weighted by Gasteiger charge is 2.27. The van der Waals surface area contributed by atoms with Crippen LogP contribution >= 0.6 is 24.0 Å². The standard InChI is InChI=1S/C18H26F3N3O.HI/c1-4-5-6-10-24(3)17(22-2)23-12-15-8-7-9-16(11-15)13-25-14-18(19,20)21;/h4,7-9,11H,1,5-6,10,12-14H2,2-3H3,(H,22,23);1H. The van der Waals surface area contributed by atoms with Gasteiger partial charge in [-0.2, -0.15) is 13.2 Å². The molecule has 0 aliphatic rings. The summed E-state index contributed by atoms with van der Waals surface area (Å²) in [6.07, 6.45) is -0.480. The molecule has 0 aliphatic heterocycles. The van der Waals surface area contributed by atoms with E-state index in [0.29, 0.717) is 12.1 Å². The molecule has 1 aromatic rings. The third-order valence-electron chi connectivity index (χ3n) is 3.45. The zero-order valence-electron chi connectivity index (χ0n) is 15.2. The number of hydrogen-bond acceptors (Lipinski definition) is 2. The van der Waals surface area contributed by atoms with Crippen LogP contribution in [0.4, 0.5) is 13.2 Å². The van der Waals surface area contributed by atoms with Crippen LogP contribution in [0.5, 0.6) is 0 Å². The van der Waals surface area contributed by atoms with Crippen LogP contribution in [0.2, 0.25) is 0 Å². The number of aliphatic imine (C=N–C) groups is 1. The largest absolute Gasteiger partial charge is 0.411 e. The molecule has 0 saturated carbocycles. The van der Waals surface area contributed by atoms with Crippen molar-refractivity contribution in [3.05, 3.63) is 48.0 Å². The lowest BCUT2D eigenvalue weighted by Gasteiger charge is -2.22. The van der Waals surface area contributed by atoms with Crippen molar-refractivity contribution in [2.24, 2.45) is 4.99 Å². The molecule has 1 rings (SSSR count). The van der Waals surface area contributed by atoms with E-state index in [2.05, 4.69) is 16.9 Å². The summed E-state index contributed by atoms with van der Waals surface area (Å²) in [4.78, 5) is 6.26. The van der Waals surface area contributed by atoms with Gasteiger partial charge >= 0.3 is 6.18 Å². The number of benzene rings is 1. The molecule has 0 radical (unpaired) electrons. The van der Waals surface area contributed by atoms with Crippen LogP contribution in [0.15, 0.2) is 41.9 Å². The van der Waals surface area contributed by atoms with Gasteiger partial charge in [-0.05, 0) is 24.0 Å². The van der Waals surface area contributed by atoms with E-state index in [4.69, 9.17) is 4.74 Å². The summed E-state index contributed by atoms with van der Waals surface area (Å²) in [5, 5.41) is 3.25. The smallest absolute Gasteiger partial charge is 0.367 e. The Morgan fingerprint density at radius 2 is 2.04 bits per heavy atom. The Morgan fingerprint density at radius 1 is 1.35 bits per heavy atom. The highest BCUT2D eigenvalue weighted by molar-refractivity contribution is 14.0. The van der Waals surface area contributed by atoms with Crippen LogP contribution in [0, 0.1) is 0 Å². The Bertz CT molecular complexity index is 565. The zero-order valence-corrected chi connectivity index (χ0v) is 17.5. The first-order valence-electron chi connectivity index (χ1n) is 8.10. The van der Waals surface area contributed by atoms with Crippen LogP contribution in [0.3, 0.4) is 0 Å². The summed E-state index contributed by atoms with van der Waals surface area (Å²) in [5.74, 6) is 0.766. The third-order valence-corrected chi connectivity index (χ3v) is 3.45. The summed E-state index contributed by atoms with van der Waals surface area (Å²) in [5.41, 5.74) is 1.66. The minimum absolute atomic E-state index is 0. The number of unbranched alkanes of at least 4 members (excludes halogenated alkanes) is 1. The Morgan fingerprint density at radius 3 is 2.65 bits per heavy atom. The van der Waals surface area contributed by atoms with Crippen LogP contribution in [0.1, 0.15) is 24.0 Å². The van der Waals surface area contributed by atoms with Crippen LogP contribution in [-0.2, 0) is 17.9 Å². The maximum Gasteiger partial charge on any atom is 0.411 e. The molecule has 0 unspecified atom stereocenters. The molecule has 0 aromatic heterocycles. The van der Waals surface area contributed by atoms with Crippen molar-refractivity contribution in [2.75, 3.05) is 27.2 Å². The lowest BCUT2D eigenvalue weighted by atomic mass is 10.1. The molecule has 0 heterocycles. The highest BCUT2D eigenvalue weighted by atomic mass is 127. The predicted octanol–water partition coefficient (Wildman–Crippen LogP) is 4.36. The van der Waals surface area contributed by atoms with E-state index in [1.54, 1.807) is 19.2 Å². The fraction of sp³-hybridized carbons (Fsp3) is 0.500. The monoisotopic (exact) mass is 485 g/mol. The summed E-state index contributed by atoms with van der Waals surface area (Å²) >= 11 is 0. The van der Waals surface area contributed by atoms with Gasteiger partial charge in [0.1, 0.15) is 6.61 Å². The number of nitrogens with zero attached hydrogens (tertiary/aromatic N) is 2. The van der Waals surface area contributed by atoms with Gasteiger partial charge in [-0.3, -0.25) is 4.99 Å². The van der Waals surface area contributed by atoms with Gasteiger partial charge in [-0.15, -0.1) is 30.6 Å². The number of nitrogens with one attached hydrogen (secondary N) is 1.